The molecule has 0 aliphatic heterocycles. The normalized spacial score (nSPS) is 15.1. The lowest BCUT2D eigenvalue weighted by Gasteiger charge is -2.23. The van der Waals surface area contributed by atoms with Gasteiger partial charge in [0.1, 0.15) is 5.75 Å². The Labute approximate surface area is 156 Å². The van der Waals surface area contributed by atoms with Crippen molar-refractivity contribution in [2.24, 2.45) is 5.11 Å². The van der Waals surface area contributed by atoms with E-state index in [4.69, 9.17) is 15.0 Å². The lowest BCUT2D eigenvalue weighted by Crippen LogP contribution is -2.22. The van der Waals surface area contributed by atoms with Gasteiger partial charge >= 0.3 is 0 Å². The molecule has 0 amide bonds. The standard InChI is InChI=1S/C20H32N2O2S/c1-3-5-12-23-18-15-20(25-16-10-8-7-9-11-16)19(14-17(18)22-21)24-13-6-4-2/h14-16,21H,3-13H2,1-2H3/p+1. The first kappa shape index (κ1) is 20.1. The second-order valence-corrected chi connectivity index (χ2v) is 8.02. The molecular formula is C20H33N2O2S+. The average Bonchev–Trinajstić information content (AvgIpc) is 2.64. The summed E-state index contributed by atoms with van der Waals surface area (Å²) in [4.78, 5) is 1.17. The van der Waals surface area contributed by atoms with Crippen LogP contribution in [0.3, 0.4) is 0 Å². The number of benzene rings is 1. The minimum absolute atomic E-state index is 0.673. The van der Waals surface area contributed by atoms with Gasteiger partial charge < -0.3 is 9.47 Å². The Hall–Kier alpha value is -1.23. The maximum atomic E-state index is 6.05. The summed E-state index contributed by atoms with van der Waals surface area (Å²) in [7, 11) is 0. The number of nitrogens with zero attached hydrogens (tertiary/aromatic N) is 1. The summed E-state index contributed by atoms with van der Waals surface area (Å²) in [6.45, 7) is 5.76. The number of hydrogen-bond donors (Lipinski definition) is 1. The molecule has 5 heteroatoms. The van der Waals surface area contributed by atoms with Crippen LogP contribution in [0.15, 0.2) is 22.1 Å². The highest BCUT2D eigenvalue weighted by atomic mass is 32.2. The Morgan fingerprint density at radius 1 is 1.00 bits per heavy atom. The number of unbranched alkanes of at least 4 members (excludes halogenated alkanes) is 2. The van der Waals surface area contributed by atoms with Gasteiger partial charge in [-0.15, -0.1) is 11.8 Å². The van der Waals surface area contributed by atoms with Crippen molar-refractivity contribution in [3.63, 3.8) is 0 Å². The predicted octanol–water partition coefficient (Wildman–Crippen LogP) is 5.31. The second kappa shape index (κ2) is 11.4. The molecule has 1 aromatic carbocycles. The van der Waals surface area contributed by atoms with Crippen molar-refractivity contribution >= 4 is 17.4 Å². The van der Waals surface area contributed by atoms with E-state index >= 15 is 0 Å². The monoisotopic (exact) mass is 365 g/mol. The molecule has 0 bridgehead atoms. The fraction of sp³-hybridized carbons (Fsp3) is 0.700. The first-order valence-electron chi connectivity index (χ1n) is 9.79. The zero-order chi connectivity index (χ0) is 17.9. The van der Waals surface area contributed by atoms with Gasteiger partial charge in [0.25, 0.3) is 0 Å². The molecule has 1 aliphatic rings. The van der Waals surface area contributed by atoms with Crippen molar-refractivity contribution in [3.8, 4) is 11.5 Å². The third kappa shape index (κ3) is 6.53. The van der Waals surface area contributed by atoms with Crippen LogP contribution in [0.1, 0.15) is 71.6 Å². The maximum Gasteiger partial charge on any atom is 0.175 e. The minimum Gasteiger partial charge on any atom is -0.492 e. The number of rotatable bonds is 11. The molecule has 0 unspecified atom stereocenters. The molecule has 0 atom stereocenters. The molecule has 0 saturated heterocycles. The third-order valence-electron chi connectivity index (χ3n) is 4.52. The summed E-state index contributed by atoms with van der Waals surface area (Å²) in [5, 5.41) is 4.58. The van der Waals surface area contributed by atoms with Gasteiger partial charge in [0.2, 0.25) is 0 Å². The predicted molar refractivity (Wildman–Crippen MR) is 104 cm³/mol. The highest BCUT2D eigenvalue weighted by molar-refractivity contribution is 8.00. The topological polar surface area (TPSA) is 56.4 Å². The van der Waals surface area contributed by atoms with Gasteiger partial charge in [-0.05, 0) is 36.9 Å². The van der Waals surface area contributed by atoms with Gasteiger partial charge in [0, 0.05) is 11.3 Å². The molecular weight excluding hydrogens is 332 g/mol. The zero-order valence-electron chi connectivity index (χ0n) is 15.8. The first-order chi connectivity index (χ1) is 12.3. The molecule has 25 heavy (non-hydrogen) atoms. The second-order valence-electron chi connectivity index (χ2n) is 6.68. The Morgan fingerprint density at radius 3 is 2.24 bits per heavy atom. The fourth-order valence-corrected chi connectivity index (χ4v) is 4.30. The lowest BCUT2D eigenvalue weighted by molar-refractivity contribution is -0.210. The van der Waals surface area contributed by atoms with Crippen LogP contribution >= 0.6 is 11.8 Å². The van der Waals surface area contributed by atoms with E-state index < -0.39 is 0 Å². The molecule has 4 nitrogen and oxygen atoms in total. The van der Waals surface area contributed by atoms with Crippen LogP contribution in [0.4, 0.5) is 5.69 Å². The van der Waals surface area contributed by atoms with Crippen molar-refractivity contribution < 1.29 is 15.0 Å². The van der Waals surface area contributed by atoms with Crippen LogP contribution in [0.2, 0.25) is 0 Å². The molecule has 2 N–H and O–H groups in total. The highest BCUT2D eigenvalue weighted by Crippen LogP contribution is 2.43. The molecule has 0 aromatic heterocycles. The van der Waals surface area contributed by atoms with Crippen molar-refractivity contribution in [1.29, 1.82) is 0 Å². The molecule has 0 radical (unpaired) electrons. The van der Waals surface area contributed by atoms with Crippen LogP contribution in [0.5, 0.6) is 11.5 Å². The minimum atomic E-state index is 0.673. The van der Waals surface area contributed by atoms with Crippen molar-refractivity contribution in [3.05, 3.63) is 12.1 Å². The van der Waals surface area contributed by atoms with Gasteiger partial charge in [-0.2, -0.15) is 5.53 Å². The molecule has 1 aromatic rings. The first-order valence-corrected chi connectivity index (χ1v) is 10.7. The van der Waals surface area contributed by atoms with Gasteiger partial charge in [-0.25, -0.2) is 0 Å². The Bertz CT molecular complexity index is 531. The van der Waals surface area contributed by atoms with Crippen molar-refractivity contribution in [2.45, 2.75) is 81.8 Å². The smallest absolute Gasteiger partial charge is 0.175 e. The van der Waals surface area contributed by atoms with E-state index in [0.717, 1.165) is 43.8 Å². The Balaban J connectivity index is 2.19. The highest BCUT2D eigenvalue weighted by Gasteiger charge is 2.20. The van der Waals surface area contributed by atoms with E-state index in [1.165, 1.54) is 37.0 Å². The van der Waals surface area contributed by atoms with Crippen LogP contribution < -0.4 is 15.0 Å². The number of thioether (sulfide) groups is 1. The quantitative estimate of drug-likeness (QED) is 0.427. The van der Waals surface area contributed by atoms with Crippen molar-refractivity contribution in [2.75, 3.05) is 13.2 Å². The van der Waals surface area contributed by atoms with Crippen LogP contribution in [0.25, 0.3) is 0 Å². The summed E-state index contributed by atoms with van der Waals surface area (Å²) in [5.74, 6) is 1.67. The van der Waals surface area contributed by atoms with Gasteiger partial charge in [0.15, 0.2) is 11.4 Å². The third-order valence-corrected chi connectivity index (χ3v) is 5.90. The maximum absolute atomic E-state index is 6.05. The van der Waals surface area contributed by atoms with Crippen LogP contribution in [-0.4, -0.2) is 18.5 Å². The lowest BCUT2D eigenvalue weighted by atomic mass is 10.0. The summed E-state index contributed by atoms with van der Waals surface area (Å²) < 4.78 is 12.0. The fourth-order valence-electron chi connectivity index (χ4n) is 2.97. The number of hydrogen-bond acceptors (Lipinski definition) is 4. The average molecular weight is 366 g/mol. The number of ether oxygens (including phenoxy) is 2. The molecule has 1 aliphatic carbocycles. The Morgan fingerprint density at radius 2 is 1.64 bits per heavy atom. The Kier molecular flexibility index (Phi) is 9.16. The van der Waals surface area contributed by atoms with E-state index in [0.29, 0.717) is 17.5 Å². The van der Waals surface area contributed by atoms with E-state index in [9.17, 15) is 0 Å². The largest absolute Gasteiger partial charge is 0.492 e. The van der Waals surface area contributed by atoms with Crippen LogP contribution in [-0.2, 0) is 0 Å². The molecule has 1 saturated carbocycles. The molecule has 2 rings (SSSR count). The molecule has 140 valence electrons. The van der Waals surface area contributed by atoms with Gasteiger partial charge in [0.05, 0.1) is 18.1 Å². The zero-order valence-corrected chi connectivity index (χ0v) is 16.6. The van der Waals surface area contributed by atoms with Gasteiger partial charge in [-0.3, -0.25) is 0 Å². The molecule has 0 heterocycles. The van der Waals surface area contributed by atoms with Crippen LogP contribution in [0, 0.1) is 0 Å². The van der Waals surface area contributed by atoms with Gasteiger partial charge in [-0.1, -0.05) is 46.0 Å². The summed E-state index contributed by atoms with van der Waals surface area (Å²) in [6, 6.07) is 4.03. The molecule has 0 spiro atoms. The molecule has 1 fully saturated rings. The summed E-state index contributed by atoms with van der Waals surface area (Å²) in [5.41, 5.74) is 6.27. The summed E-state index contributed by atoms with van der Waals surface area (Å²) >= 11 is 1.93. The van der Waals surface area contributed by atoms with E-state index in [2.05, 4.69) is 25.0 Å². The van der Waals surface area contributed by atoms with E-state index in [-0.39, 0.29) is 0 Å². The van der Waals surface area contributed by atoms with Crippen molar-refractivity contribution in [1.82, 2.24) is 0 Å². The van der Waals surface area contributed by atoms with E-state index in [1.807, 2.05) is 17.8 Å². The van der Waals surface area contributed by atoms with E-state index in [1.54, 1.807) is 0 Å². The summed E-state index contributed by atoms with van der Waals surface area (Å²) in [6.07, 6.45) is 10.9. The number of nitrogens with two attached hydrogens (primary N) is 1. The SMILES string of the molecule is CCCCOc1cc(SC2CCCCC2)c(OCCCC)cc1N=[NH2+].